The van der Waals surface area contributed by atoms with Crippen molar-refractivity contribution in [2.45, 2.75) is 45.6 Å². The van der Waals surface area contributed by atoms with Gasteiger partial charge in [0, 0.05) is 6.04 Å². The van der Waals surface area contributed by atoms with E-state index >= 15 is 0 Å². The SMILES string of the molecule is COc1cc(C(N)C2CCCCC2(C)C)ccc1Cl. The van der Waals surface area contributed by atoms with Crippen LogP contribution in [0.25, 0.3) is 0 Å². The molecule has 0 heterocycles. The van der Waals surface area contributed by atoms with Gasteiger partial charge in [-0.1, -0.05) is 44.4 Å². The van der Waals surface area contributed by atoms with Gasteiger partial charge in [0.2, 0.25) is 0 Å². The van der Waals surface area contributed by atoms with Crippen LogP contribution in [0.15, 0.2) is 18.2 Å². The van der Waals surface area contributed by atoms with Gasteiger partial charge < -0.3 is 10.5 Å². The smallest absolute Gasteiger partial charge is 0.137 e. The molecule has 3 heteroatoms. The number of halogens is 1. The van der Waals surface area contributed by atoms with Crippen LogP contribution < -0.4 is 10.5 Å². The molecule has 1 fully saturated rings. The summed E-state index contributed by atoms with van der Waals surface area (Å²) in [6, 6.07) is 5.95. The number of methoxy groups -OCH3 is 1. The molecule has 0 bridgehead atoms. The summed E-state index contributed by atoms with van der Waals surface area (Å²) in [4.78, 5) is 0. The van der Waals surface area contributed by atoms with Crippen molar-refractivity contribution in [1.82, 2.24) is 0 Å². The van der Waals surface area contributed by atoms with E-state index < -0.39 is 0 Å². The maximum atomic E-state index is 6.52. The van der Waals surface area contributed by atoms with E-state index in [-0.39, 0.29) is 6.04 Å². The molecule has 2 unspecified atom stereocenters. The number of benzene rings is 1. The van der Waals surface area contributed by atoms with Crippen LogP contribution >= 0.6 is 11.6 Å². The van der Waals surface area contributed by atoms with Crippen molar-refractivity contribution in [2.75, 3.05) is 7.11 Å². The molecule has 0 radical (unpaired) electrons. The minimum absolute atomic E-state index is 0.0569. The first-order valence-electron chi connectivity index (χ1n) is 7.05. The van der Waals surface area contributed by atoms with Gasteiger partial charge in [0.05, 0.1) is 12.1 Å². The molecule has 106 valence electrons. The second-order valence-electron chi connectivity index (χ2n) is 6.26. The molecular weight excluding hydrogens is 258 g/mol. The van der Waals surface area contributed by atoms with Gasteiger partial charge in [0.15, 0.2) is 0 Å². The van der Waals surface area contributed by atoms with Crippen molar-refractivity contribution in [3.05, 3.63) is 28.8 Å². The second-order valence-corrected chi connectivity index (χ2v) is 6.67. The molecule has 0 saturated heterocycles. The van der Waals surface area contributed by atoms with Gasteiger partial charge in [-0.15, -0.1) is 0 Å². The van der Waals surface area contributed by atoms with E-state index in [0.717, 1.165) is 5.56 Å². The molecule has 2 nitrogen and oxygen atoms in total. The molecule has 1 aromatic rings. The molecule has 0 aliphatic heterocycles. The molecule has 2 N–H and O–H groups in total. The number of ether oxygens (including phenoxy) is 1. The molecule has 0 aromatic heterocycles. The molecule has 0 spiro atoms. The fraction of sp³-hybridized carbons (Fsp3) is 0.625. The number of nitrogens with two attached hydrogens (primary N) is 1. The Morgan fingerprint density at radius 1 is 1.37 bits per heavy atom. The van der Waals surface area contributed by atoms with Gasteiger partial charge in [-0.2, -0.15) is 0 Å². The molecule has 2 rings (SSSR count). The van der Waals surface area contributed by atoms with Crippen molar-refractivity contribution in [1.29, 1.82) is 0 Å². The van der Waals surface area contributed by atoms with Crippen LogP contribution in [0.3, 0.4) is 0 Å². The fourth-order valence-corrected chi connectivity index (χ4v) is 3.50. The quantitative estimate of drug-likeness (QED) is 0.881. The first kappa shape index (κ1) is 14.7. The van der Waals surface area contributed by atoms with E-state index in [1.807, 2.05) is 18.2 Å². The van der Waals surface area contributed by atoms with E-state index in [2.05, 4.69) is 13.8 Å². The van der Waals surface area contributed by atoms with Gasteiger partial charge in [-0.3, -0.25) is 0 Å². The highest BCUT2D eigenvalue weighted by atomic mass is 35.5. The van der Waals surface area contributed by atoms with Crippen molar-refractivity contribution in [3.8, 4) is 5.75 Å². The van der Waals surface area contributed by atoms with Crippen LogP contribution in [-0.4, -0.2) is 7.11 Å². The minimum Gasteiger partial charge on any atom is -0.495 e. The van der Waals surface area contributed by atoms with Crippen LogP contribution in [0.1, 0.15) is 51.1 Å². The highest BCUT2D eigenvalue weighted by Gasteiger charge is 2.36. The molecule has 1 aromatic carbocycles. The Bertz CT molecular complexity index is 444. The standard InChI is InChI=1S/C16H24ClNO/c1-16(2)9-5-4-6-12(16)15(18)11-7-8-13(17)14(10-11)19-3/h7-8,10,12,15H,4-6,9,18H2,1-3H3. The summed E-state index contributed by atoms with van der Waals surface area (Å²) in [5.41, 5.74) is 7.96. The Hall–Kier alpha value is -0.730. The van der Waals surface area contributed by atoms with Gasteiger partial charge in [-0.05, 0) is 41.9 Å². The Balaban J connectivity index is 2.25. The molecule has 1 aliphatic rings. The number of hydrogen-bond acceptors (Lipinski definition) is 2. The monoisotopic (exact) mass is 281 g/mol. The van der Waals surface area contributed by atoms with Crippen molar-refractivity contribution >= 4 is 11.6 Å². The molecule has 19 heavy (non-hydrogen) atoms. The number of hydrogen-bond donors (Lipinski definition) is 1. The average Bonchev–Trinajstić information content (AvgIpc) is 2.38. The lowest BCUT2D eigenvalue weighted by Crippen LogP contribution is -2.36. The third-order valence-electron chi connectivity index (χ3n) is 4.58. The predicted molar refractivity (Wildman–Crippen MR) is 80.7 cm³/mol. The van der Waals surface area contributed by atoms with E-state index in [1.54, 1.807) is 7.11 Å². The van der Waals surface area contributed by atoms with Crippen LogP contribution in [0.2, 0.25) is 5.02 Å². The molecular formula is C16H24ClNO. The average molecular weight is 282 g/mol. The first-order chi connectivity index (χ1) is 8.95. The lowest BCUT2D eigenvalue weighted by Gasteiger charge is -2.42. The van der Waals surface area contributed by atoms with Crippen molar-refractivity contribution < 1.29 is 4.74 Å². The summed E-state index contributed by atoms with van der Waals surface area (Å²) in [7, 11) is 1.64. The zero-order valence-electron chi connectivity index (χ0n) is 12.1. The van der Waals surface area contributed by atoms with E-state index in [1.165, 1.54) is 25.7 Å². The van der Waals surface area contributed by atoms with Crippen LogP contribution in [0.5, 0.6) is 5.75 Å². The van der Waals surface area contributed by atoms with Gasteiger partial charge in [0.1, 0.15) is 5.75 Å². The van der Waals surface area contributed by atoms with E-state index in [9.17, 15) is 0 Å². The van der Waals surface area contributed by atoms with Crippen LogP contribution in [-0.2, 0) is 0 Å². The largest absolute Gasteiger partial charge is 0.495 e. The van der Waals surface area contributed by atoms with Crippen LogP contribution in [0, 0.1) is 11.3 Å². The Labute approximate surface area is 121 Å². The summed E-state index contributed by atoms with van der Waals surface area (Å²) in [6.45, 7) is 4.67. The Morgan fingerprint density at radius 3 is 2.74 bits per heavy atom. The Morgan fingerprint density at radius 2 is 2.11 bits per heavy atom. The maximum absolute atomic E-state index is 6.52. The lowest BCUT2D eigenvalue weighted by atomic mass is 9.65. The third kappa shape index (κ3) is 3.06. The molecule has 0 amide bonds. The topological polar surface area (TPSA) is 35.2 Å². The highest BCUT2D eigenvalue weighted by molar-refractivity contribution is 6.32. The summed E-state index contributed by atoms with van der Waals surface area (Å²) in [5.74, 6) is 1.23. The maximum Gasteiger partial charge on any atom is 0.137 e. The fourth-order valence-electron chi connectivity index (χ4n) is 3.30. The zero-order chi connectivity index (χ0) is 14.0. The normalized spacial score (nSPS) is 23.9. The van der Waals surface area contributed by atoms with E-state index in [0.29, 0.717) is 22.1 Å². The highest BCUT2D eigenvalue weighted by Crippen LogP contribution is 2.46. The summed E-state index contributed by atoms with van der Waals surface area (Å²) in [5, 5.41) is 0.640. The summed E-state index contributed by atoms with van der Waals surface area (Å²) >= 11 is 6.08. The number of rotatable bonds is 3. The predicted octanol–water partition coefficient (Wildman–Crippen LogP) is 4.56. The van der Waals surface area contributed by atoms with Gasteiger partial charge in [0.25, 0.3) is 0 Å². The van der Waals surface area contributed by atoms with Crippen LogP contribution in [0.4, 0.5) is 0 Å². The van der Waals surface area contributed by atoms with Crippen molar-refractivity contribution in [3.63, 3.8) is 0 Å². The van der Waals surface area contributed by atoms with E-state index in [4.69, 9.17) is 22.1 Å². The second kappa shape index (κ2) is 5.72. The molecule has 1 saturated carbocycles. The minimum atomic E-state index is 0.0569. The molecule has 1 aliphatic carbocycles. The third-order valence-corrected chi connectivity index (χ3v) is 4.90. The zero-order valence-corrected chi connectivity index (χ0v) is 12.8. The summed E-state index contributed by atoms with van der Waals surface area (Å²) in [6.07, 6.45) is 5.07. The van der Waals surface area contributed by atoms with Crippen molar-refractivity contribution in [2.24, 2.45) is 17.1 Å². The first-order valence-corrected chi connectivity index (χ1v) is 7.42. The summed E-state index contributed by atoms with van der Waals surface area (Å²) < 4.78 is 5.29. The van der Waals surface area contributed by atoms with Gasteiger partial charge >= 0.3 is 0 Å². The van der Waals surface area contributed by atoms with Gasteiger partial charge in [-0.25, -0.2) is 0 Å². The molecule has 2 atom stereocenters. The Kier molecular flexibility index (Phi) is 4.42. The lowest BCUT2D eigenvalue weighted by molar-refractivity contribution is 0.112.